The molecule has 0 heterocycles. The van der Waals surface area contributed by atoms with Crippen molar-refractivity contribution in [2.45, 2.75) is 13.1 Å². The number of anilines is 1. The number of benzene rings is 2. The summed E-state index contributed by atoms with van der Waals surface area (Å²) in [5.41, 5.74) is -0.998. The van der Waals surface area contributed by atoms with Gasteiger partial charge in [-0.3, -0.25) is 9.59 Å². The normalized spacial score (nSPS) is 11.0. The zero-order chi connectivity index (χ0) is 17.7. The van der Waals surface area contributed by atoms with Crippen LogP contribution in [0.2, 0.25) is 0 Å². The van der Waals surface area contributed by atoms with E-state index in [0.29, 0.717) is 5.56 Å². The highest BCUT2D eigenvalue weighted by molar-refractivity contribution is 5.97. The number of nitrogens with one attached hydrogen (secondary N) is 1. The van der Waals surface area contributed by atoms with Crippen molar-refractivity contribution >= 4 is 17.4 Å². The molecular formula is C17H14F3NO3. The summed E-state index contributed by atoms with van der Waals surface area (Å²) >= 11 is 0. The minimum absolute atomic E-state index is 0.198. The largest absolute Gasteiger partial charge is 0.483 e. The second-order valence-corrected chi connectivity index (χ2v) is 4.93. The van der Waals surface area contributed by atoms with Crippen LogP contribution in [0.3, 0.4) is 0 Å². The third-order valence-corrected chi connectivity index (χ3v) is 3.13. The highest BCUT2D eigenvalue weighted by atomic mass is 19.4. The SMILES string of the molecule is CC(=O)c1ccccc1OCC(=O)Nc1ccccc1C(F)(F)F. The van der Waals surface area contributed by atoms with Gasteiger partial charge in [-0.15, -0.1) is 0 Å². The zero-order valence-corrected chi connectivity index (χ0v) is 12.7. The van der Waals surface area contributed by atoms with Gasteiger partial charge in [0.2, 0.25) is 0 Å². The first-order chi connectivity index (χ1) is 11.3. The fraction of sp³-hybridized carbons (Fsp3) is 0.176. The van der Waals surface area contributed by atoms with Crippen LogP contribution in [-0.4, -0.2) is 18.3 Å². The van der Waals surface area contributed by atoms with Crippen LogP contribution < -0.4 is 10.1 Å². The van der Waals surface area contributed by atoms with Gasteiger partial charge in [0.1, 0.15) is 5.75 Å². The van der Waals surface area contributed by atoms with Crippen LogP contribution in [0, 0.1) is 0 Å². The van der Waals surface area contributed by atoms with Crippen molar-refractivity contribution < 1.29 is 27.5 Å². The number of alkyl halides is 3. The summed E-state index contributed by atoms with van der Waals surface area (Å²) in [6.45, 7) is 0.832. The van der Waals surface area contributed by atoms with E-state index in [1.54, 1.807) is 12.1 Å². The molecule has 0 radical (unpaired) electrons. The van der Waals surface area contributed by atoms with Gasteiger partial charge >= 0.3 is 6.18 Å². The van der Waals surface area contributed by atoms with E-state index in [4.69, 9.17) is 4.74 Å². The molecule has 126 valence electrons. The molecule has 1 N–H and O–H groups in total. The van der Waals surface area contributed by atoms with E-state index < -0.39 is 24.3 Å². The van der Waals surface area contributed by atoms with Crippen molar-refractivity contribution in [1.29, 1.82) is 0 Å². The maximum Gasteiger partial charge on any atom is 0.418 e. The molecule has 0 saturated heterocycles. The first kappa shape index (κ1) is 17.5. The first-order valence-corrected chi connectivity index (χ1v) is 6.98. The number of ketones is 1. The highest BCUT2D eigenvalue weighted by Crippen LogP contribution is 2.34. The molecule has 0 aliphatic carbocycles. The first-order valence-electron chi connectivity index (χ1n) is 6.98. The van der Waals surface area contributed by atoms with Gasteiger partial charge in [-0.2, -0.15) is 13.2 Å². The molecule has 0 aliphatic rings. The van der Waals surface area contributed by atoms with Gasteiger partial charge < -0.3 is 10.1 Å². The number of para-hydroxylation sites is 2. The van der Waals surface area contributed by atoms with Crippen LogP contribution in [0.1, 0.15) is 22.8 Å². The Hall–Kier alpha value is -2.83. The van der Waals surface area contributed by atoms with Crippen LogP contribution in [0.5, 0.6) is 5.75 Å². The summed E-state index contributed by atoms with van der Waals surface area (Å²) in [4.78, 5) is 23.3. The van der Waals surface area contributed by atoms with Gasteiger partial charge in [0.05, 0.1) is 16.8 Å². The molecule has 0 atom stereocenters. The molecular weight excluding hydrogens is 323 g/mol. The molecule has 2 aromatic rings. The van der Waals surface area contributed by atoms with E-state index in [2.05, 4.69) is 5.32 Å². The maximum absolute atomic E-state index is 12.9. The minimum Gasteiger partial charge on any atom is -0.483 e. The predicted molar refractivity (Wildman–Crippen MR) is 82.0 cm³/mol. The molecule has 2 aromatic carbocycles. The lowest BCUT2D eigenvalue weighted by Gasteiger charge is -2.14. The Balaban J connectivity index is 2.07. The van der Waals surface area contributed by atoms with Crippen LogP contribution in [0.4, 0.5) is 18.9 Å². The molecule has 0 bridgehead atoms. The zero-order valence-electron chi connectivity index (χ0n) is 12.7. The number of amides is 1. The van der Waals surface area contributed by atoms with E-state index in [9.17, 15) is 22.8 Å². The fourth-order valence-corrected chi connectivity index (χ4v) is 2.05. The lowest BCUT2D eigenvalue weighted by molar-refractivity contribution is -0.137. The lowest BCUT2D eigenvalue weighted by atomic mass is 10.1. The Labute approximate surface area is 136 Å². The molecule has 0 unspecified atom stereocenters. The summed E-state index contributed by atoms with van der Waals surface area (Å²) in [6, 6.07) is 11.0. The number of hydrogen-bond acceptors (Lipinski definition) is 3. The van der Waals surface area contributed by atoms with Crippen LogP contribution >= 0.6 is 0 Å². The van der Waals surface area contributed by atoms with E-state index in [0.717, 1.165) is 12.1 Å². The number of rotatable bonds is 5. The van der Waals surface area contributed by atoms with E-state index in [1.165, 1.54) is 31.2 Å². The smallest absolute Gasteiger partial charge is 0.418 e. The summed E-state index contributed by atoms with van der Waals surface area (Å²) in [5, 5.41) is 2.17. The molecule has 24 heavy (non-hydrogen) atoms. The number of ether oxygens (including phenoxy) is 1. The number of carbonyl (C=O) groups excluding carboxylic acids is 2. The highest BCUT2D eigenvalue weighted by Gasteiger charge is 2.33. The molecule has 0 aromatic heterocycles. The Morgan fingerprint density at radius 2 is 1.67 bits per heavy atom. The fourth-order valence-electron chi connectivity index (χ4n) is 2.05. The quantitative estimate of drug-likeness (QED) is 0.841. The van der Waals surface area contributed by atoms with E-state index in [-0.39, 0.29) is 17.2 Å². The molecule has 1 amide bonds. The number of Topliss-reactive ketones (excluding diaryl/α,β-unsaturated/α-hetero) is 1. The van der Waals surface area contributed by atoms with Gasteiger partial charge in [0.15, 0.2) is 12.4 Å². The summed E-state index contributed by atoms with van der Waals surface area (Å²) in [7, 11) is 0. The Kier molecular flexibility index (Phi) is 5.23. The lowest BCUT2D eigenvalue weighted by Crippen LogP contribution is -2.22. The predicted octanol–water partition coefficient (Wildman–Crippen LogP) is 3.93. The van der Waals surface area contributed by atoms with Crippen molar-refractivity contribution in [3.05, 3.63) is 59.7 Å². The molecule has 2 rings (SSSR count). The average Bonchev–Trinajstić information content (AvgIpc) is 2.52. The van der Waals surface area contributed by atoms with Gasteiger partial charge in [-0.1, -0.05) is 24.3 Å². The van der Waals surface area contributed by atoms with Crippen LogP contribution in [-0.2, 0) is 11.0 Å². The third-order valence-electron chi connectivity index (χ3n) is 3.13. The third kappa shape index (κ3) is 4.34. The van der Waals surface area contributed by atoms with Crippen molar-refractivity contribution in [2.75, 3.05) is 11.9 Å². The monoisotopic (exact) mass is 337 g/mol. The van der Waals surface area contributed by atoms with Crippen molar-refractivity contribution in [3.8, 4) is 5.75 Å². The number of halogens is 3. The molecule has 0 fully saturated rings. The second kappa shape index (κ2) is 7.16. The molecule has 0 aliphatic heterocycles. The van der Waals surface area contributed by atoms with Crippen LogP contribution in [0.15, 0.2) is 48.5 Å². The molecule has 0 spiro atoms. The molecule has 4 nitrogen and oxygen atoms in total. The summed E-state index contributed by atoms with van der Waals surface area (Å²) < 4.78 is 43.9. The van der Waals surface area contributed by atoms with Crippen molar-refractivity contribution in [2.24, 2.45) is 0 Å². The van der Waals surface area contributed by atoms with Gasteiger partial charge in [-0.05, 0) is 31.2 Å². The molecule has 0 saturated carbocycles. The van der Waals surface area contributed by atoms with Gasteiger partial charge in [0.25, 0.3) is 5.91 Å². The summed E-state index contributed by atoms with van der Waals surface area (Å²) in [5.74, 6) is -0.803. The van der Waals surface area contributed by atoms with Crippen molar-refractivity contribution in [3.63, 3.8) is 0 Å². The molecule has 7 heteroatoms. The van der Waals surface area contributed by atoms with Crippen molar-refractivity contribution in [1.82, 2.24) is 0 Å². The van der Waals surface area contributed by atoms with Gasteiger partial charge in [-0.25, -0.2) is 0 Å². The number of hydrogen-bond donors (Lipinski definition) is 1. The number of carbonyl (C=O) groups is 2. The minimum atomic E-state index is -4.58. The Morgan fingerprint density at radius 3 is 2.33 bits per heavy atom. The maximum atomic E-state index is 12.9. The topological polar surface area (TPSA) is 55.4 Å². The van der Waals surface area contributed by atoms with Crippen LogP contribution in [0.25, 0.3) is 0 Å². The Morgan fingerprint density at radius 1 is 1.04 bits per heavy atom. The van der Waals surface area contributed by atoms with E-state index in [1.807, 2.05) is 0 Å². The van der Waals surface area contributed by atoms with Gasteiger partial charge in [0, 0.05) is 0 Å². The standard InChI is InChI=1S/C17H14F3NO3/c1-11(22)12-6-2-5-9-15(12)24-10-16(23)21-14-8-4-3-7-13(14)17(18,19)20/h2-9H,10H2,1H3,(H,21,23). The second-order valence-electron chi connectivity index (χ2n) is 4.93. The van der Waals surface area contributed by atoms with E-state index >= 15 is 0 Å². The average molecular weight is 337 g/mol. The summed E-state index contributed by atoms with van der Waals surface area (Å²) in [6.07, 6.45) is -4.58. The Bertz CT molecular complexity index is 757.